The zero-order valence-corrected chi connectivity index (χ0v) is 7.66. The number of carbonyl (C=O) groups excluding carboxylic acids is 1. The lowest BCUT2D eigenvalue weighted by Crippen LogP contribution is -2.09. The van der Waals surface area contributed by atoms with Gasteiger partial charge < -0.3 is 4.42 Å². The zero-order valence-electron chi connectivity index (χ0n) is 7.66. The maximum absolute atomic E-state index is 11.7. The molecule has 2 rings (SSSR count). The number of ketones is 1. The van der Waals surface area contributed by atoms with Crippen LogP contribution >= 0.6 is 0 Å². The summed E-state index contributed by atoms with van der Waals surface area (Å²) in [5.41, 5.74) is 0. The fourth-order valence-electron chi connectivity index (χ4n) is 1.95. The maximum Gasteiger partial charge on any atom is 0.143 e. The van der Waals surface area contributed by atoms with E-state index in [9.17, 15) is 4.79 Å². The predicted molar refractivity (Wildman–Crippen MR) is 49.5 cm³/mol. The Hall–Kier alpha value is -1.05. The van der Waals surface area contributed by atoms with Gasteiger partial charge in [-0.05, 0) is 25.0 Å². The molecule has 0 aliphatic heterocycles. The van der Waals surface area contributed by atoms with Crippen LogP contribution in [-0.4, -0.2) is 5.78 Å². The fourth-order valence-corrected chi connectivity index (χ4v) is 1.95. The molecule has 1 heterocycles. The molecule has 1 aromatic heterocycles. The molecular formula is C11H14O2. The van der Waals surface area contributed by atoms with Gasteiger partial charge in [0, 0.05) is 6.42 Å². The van der Waals surface area contributed by atoms with Crippen LogP contribution in [0.15, 0.2) is 22.8 Å². The van der Waals surface area contributed by atoms with Gasteiger partial charge in [0.25, 0.3) is 0 Å². The third-order valence-electron chi connectivity index (χ3n) is 2.69. The first-order chi connectivity index (χ1) is 6.38. The SMILES string of the molecule is O=C1CCCCCC1c1ccco1. The first kappa shape index (κ1) is 8.54. The summed E-state index contributed by atoms with van der Waals surface area (Å²) in [6, 6.07) is 3.77. The van der Waals surface area contributed by atoms with Gasteiger partial charge in [0.2, 0.25) is 0 Å². The normalized spacial score (nSPS) is 24.3. The first-order valence-corrected chi connectivity index (χ1v) is 4.94. The molecule has 0 aromatic carbocycles. The molecule has 1 unspecified atom stereocenters. The highest BCUT2D eigenvalue weighted by Gasteiger charge is 2.24. The second-order valence-corrected chi connectivity index (χ2v) is 3.63. The summed E-state index contributed by atoms with van der Waals surface area (Å²) < 4.78 is 5.28. The highest BCUT2D eigenvalue weighted by Crippen LogP contribution is 2.28. The standard InChI is InChI=1S/C11H14O2/c12-10-6-3-1-2-5-9(10)11-7-4-8-13-11/h4,7-9H,1-3,5-6H2. The van der Waals surface area contributed by atoms with E-state index >= 15 is 0 Å². The Kier molecular flexibility index (Phi) is 2.48. The van der Waals surface area contributed by atoms with Crippen molar-refractivity contribution in [3.8, 4) is 0 Å². The Morgan fingerprint density at radius 1 is 1.31 bits per heavy atom. The van der Waals surface area contributed by atoms with Gasteiger partial charge in [-0.25, -0.2) is 0 Å². The third kappa shape index (κ3) is 1.82. The van der Waals surface area contributed by atoms with Gasteiger partial charge in [0.05, 0.1) is 12.2 Å². The van der Waals surface area contributed by atoms with Crippen molar-refractivity contribution in [2.75, 3.05) is 0 Å². The van der Waals surface area contributed by atoms with Gasteiger partial charge in [-0.1, -0.05) is 12.8 Å². The van der Waals surface area contributed by atoms with E-state index in [-0.39, 0.29) is 5.92 Å². The summed E-state index contributed by atoms with van der Waals surface area (Å²) in [6.07, 6.45) is 6.72. The molecular weight excluding hydrogens is 164 g/mol. The van der Waals surface area contributed by atoms with Crippen LogP contribution < -0.4 is 0 Å². The van der Waals surface area contributed by atoms with Crippen molar-refractivity contribution in [3.63, 3.8) is 0 Å². The van der Waals surface area contributed by atoms with E-state index in [0.717, 1.165) is 31.4 Å². The number of Topliss-reactive ketones (excluding diaryl/α,β-unsaturated/α-hetero) is 1. The Morgan fingerprint density at radius 3 is 3.00 bits per heavy atom. The summed E-state index contributed by atoms with van der Waals surface area (Å²) >= 11 is 0. The van der Waals surface area contributed by atoms with Gasteiger partial charge in [0.15, 0.2) is 0 Å². The Bertz CT molecular complexity index is 274. The Labute approximate surface area is 77.9 Å². The first-order valence-electron chi connectivity index (χ1n) is 4.94. The minimum atomic E-state index is 0.0394. The molecule has 2 nitrogen and oxygen atoms in total. The van der Waals surface area contributed by atoms with Gasteiger partial charge in [0.1, 0.15) is 11.5 Å². The van der Waals surface area contributed by atoms with E-state index in [1.54, 1.807) is 6.26 Å². The van der Waals surface area contributed by atoms with Crippen molar-refractivity contribution in [2.45, 2.75) is 38.0 Å². The van der Waals surface area contributed by atoms with Crippen LogP contribution in [0.1, 0.15) is 43.8 Å². The minimum Gasteiger partial charge on any atom is -0.469 e. The van der Waals surface area contributed by atoms with Crippen molar-refractivity contribution < 1.29 is 9.21 Å². The molecule has 0 bridgehead atoms. The van der Waals surface area contributed by atoms with Crippen LogP contribution in [-0.2, 0) is 4.79 Å². The zero-order chi connectivity index (χ0) is 9.10. The number of carbonyl (C=O) groups is 1. The molecule has 0 N–H and O–H groups in total. The highest BCUT2D eigenvalue weighted by atomic mass is 16.3. The van der Waals surface area contributed by atoms with E-state index < -0.39 is 0 Å². The van der Waals surface area contributed by atoms with Crippen molar-refractivity contribution in [3.05, 3.63) is 24.2 Å². The topological polar surface area (TPSA) is 30.2 Å². The summed E-state index contributed by atoms with van der Waals surface area (Å²) in [7, 11) is 0. The van der Waals surface area contributed by atoms with Crippen molar-refractivity contribution >= 4 is 5.78 Å². The lowest BCUT2D eigenvalue weighted by Gasteiger charge is -2.08. The van der Waals surface area contributed by atoms with E-state index in [1.807, 2.05) is 12.1 Å². The fraction of sp³-hybridized carbons (Fsp3) is 0.545. The van der Waals surface area contributed by atoms with Crippen molar-refractivity contribution in [1.82, 2.24) is 0 Å². The Balaban J connectivity index is 2.16. The molecule has 13 heavy (non-hydrogen) atoms. The van der Waals surface area contributed by atoms with Crippen LogP contribution in [0, 0.1) is 0 Å². The Morgan fingerprint density at radius 2 is 2.23 bits per heavy atom. The van der Waals surface area contributed by atoms with E-state index in [0.29, 0.717) is 5.78 Å². The maximum atomic E-state index is 11.7. The molecule has 0 amide bonds. The average molecular weight is 178 g/mol. The highest BCUT2D eigenvalue weighted by molar-refractivity contribution is 5.85. The number of furan rings is 1. The van der Waals surface area contributed by atoms with Crippen LogP contribution in [0.25, 0.3) is 0 Å². The van der Waals surface area contributed by atoms with Crippen LogP contribution in [0.2, 0.25) is 0 Å². The van der Waals surface area contributed by atoms with Gasteiger partial charge in [-0.2, -0.15) is 0 Å². The molecule has 0 spiro atoms. The molecule has 1 saturated carbocycles. The van der Waals surface area contributed by atoms with Crippen LogP contribution in [0.5, 0.6) is 0 Å². The molecule has 1 aliphatic rings. The summed E-state index contributed by atoms with van der Waals surface area (Å²) in [4.78, 5) is 11.7. The quantitative estimate of drug-likeness (QED) is 0.619. The van der Waals surface area contributed by atoms with Crippen molar-refractivity contribution in [2.24, 2.45) is 0 Å². The smallest absolute Gasteiger partial charge is 0.143 e. The minimum absolute atomic E-state index is 0.0394. The third-order valence-corrected chi connectivity index (χ3v) is 2.69. The molecule has 1 fully saturated rings. The van der Waals surface area contributed by atoms with E-state index in [2.05, 4.69) is 0 Å². The molecule has 0 radical (unpaired) electrons. The summed E-state index contributed by atoms with van der Waals surface area (Å²) in [6.45, 7) is 0. The molecule has 0 saturated heterocycles. The number of hydrogen-bond donors (Lipinski definition) is 0. The van der Waals surface area contributed by atoms with E-state index in [1.165, 1.54) is 6.42 Å². The average Bonchev–Trinajstić information content (AvgIpc) is 2.56. The summed E-state index contributed by atoms with van der Waals surface area (Å²) in [5.74, 6) is 1.25. The monoisotopic (exact) mass is 178 g/mol. The molecule has 1 atom stereocenters. The molecule has 1 aliphatic carbocycles. The van der Waals surface area contributed by atoms with Gasteiger partial charge in [-0.3, -0.25) is 4.79 Å². The second-order valence-electron chi connectivity index (χ2n) is 3.63. The number of rotatable bonds is 1. The predicted octanol–water partition coefficient (Wildman–Crippen LogP) is 2.90. The molecule has 2 heteroatoms. The molecule has 70 valence electrons. The van der Waals surface area contributed by atoms with Gasteiger partial charge in [-0.15, -0.1) is 0 Å². The van der Waals surface area contributed by atoms with Crippen molar-refractivity contribution in [1.29, 1.82) is 0 Å². The van der Waals surface area contributed by atoms with E-state index in [4.69, 9.17) is 4.42 Å². The largest absolute Gasteiger partial charge is 0.469 e. The lowest BCUT2D eigenvalue weighted by molar-refractivity contribution is -0.120. The molecule has 1 aromatic rings. The van der Waals surface area contributed by atoms with Crippen LogP contribution in [0.4, 0.5) is 0 Å². The lowest BCUT2D eigenvalue weighted by atomic mass is 9.96. The number of hydrogen-bond acceptors (Lipinski definition) is 2. The van der Waals surface area contributed by atoms with Crippen LogP contribution in [0.3, 0.4) is 0 Å². The van der Waals surface area contributed by atoms with Gasteiger partial charge >= 0.3 is 0 Å². The summed E-state index contributed by atoms with van der Waals surface area (Å²) in [5, 5.41) is 0. The second kappa shape index (κ2) is 3.77.